The van der Waals surface area contributed by atoms with Crippen molar-refractivity contribution in [1.82, 2.24) is 0 Å². The number of thioether (sulfide) groups is 1. The van der Waals surface area contributed by atoms with Gasteiger partial charge in [0, 0.05) is 16.5 Å². The molecule has 0 fully saturated rings. The number of carbonyl (C=O) groups excluding carboxylic acids is 2. The molecule has 0 aliphatic rings. The van der Waals surface area contributed by atoms with Gasteiger partial charge in [0.15, 0.2) is 0 Å². The van der Waals surface area contributed by atoms with Crippen molar-refractivity contribution in [3.63, 3.8) is 0 Å². The average molecular weight is 335 g/mol. The van der Waals surface area contributed by atoms with Crippen molar-refractivity contribution in [3.05, 3.63) is 64.7 Å². The van der Waals surface area contributed by atoms with Gasteiger partial charge in [0.1, 0.15) is 0 Å². The fourth-order valence-corrected chi connectivity index (χ4v) is 2.64. The van der Waals surface area contributed by atoms with Gasteiger partial charge in [0.2, 0.25) is 5.91 Å². The number of nitrogens with one attached hydrogen (secondary N) is 1. The third kappa shape index (κ3) is 5.09. The van der Waals surface area contributed by atoms with Crippen LogP contribution in [-0.2, 0) is 10.5 Å². The fourth-order valence-electron chi connectivity index (χ4n) is 1.73. The molecule has 0 aromatic heterocycles. The van der Waals surface area contributed by atoms with Crippen molar-refractivity contribution < 1.29 is 14.7 Å². The van der Waals surface area contributed by atoms with E-state index in [1.807, 2.05) is 24.3 Å². The lowest BCUT2D eigenvalue weighted by molar-refractivity contribution is -0.255. The Morgan fingerprint density at radius 1 is 1.05 bits per heavy atom. The predicted octanol–water partition coefficient (Wildman–Crippen LogP) is 2.58. The largest absolute Gasteiger partial charge is 0.545 e. The molecular formula is C16H13ClNO3S-. The van der Waals surface area contributed by atoms with Crippen molar-refractivity contribution >= 4 is 40.9 Å². The van der Waals surface area contributed by atoms with Crippen molar-refractivity contribution in [2.24, 2.45) is 0 Å². The molecule has 0 saturated carbocycles. The lowest BCUT2D eigenvalue weighted by Crippen LogP contribution is -2.22. The molecule has 4 nitrogen and oxygen atoms in total. The molecule has 22 heavy (non-hydrogen) atoms. The van der Waals surface area contributed by atoms with E-state index < -0.39 is 5.97 Å². The minimum atomic E-state index is -1.24. The molecule has 114 valence electrons. The Morgan fingerprint density at radius 2 is 1.68 bits per heavy atom. The number of benzene rings is 2. The number of halogens is 1. The van der Waals surface area contributed by atoms with E-state index in [4.69, 9.17) is 11.6 Å². The normalized spacial score (nSPS) is 10.2. The fraction of sp³-hybridized carbons (Fsp3) is 0.125. The maximum atomic E-state index is 11.8. The number of anilines is 1. The summed E-state index contributed by atoms with van der Waals surface area (Å²) < 4.78 is 0. The lowest BCUT2D eigenvalue weighted by Gasteiger charge is -2.07. The van der Waals surface area contributed by atoms with E-state index in [2.05, 4.69) is 5.32 Å². The number of hydrogen-bond acceptors (Lipinski definition) is 4. The molecule has 0 spiro atoms. The Labute approximate surface area is 137 Å². The quantitative estimate of drug-likeness (QED) is 0.881. The zero-order valence-corrected chi connectivity index (χ0v) is 13.1. The summed E-state index contributed by atoms with van der Waals surface area (Å²) in [6.07, 6.45) is 0. The number of amides is 1. The number of carboxylic acid groups (broad SMARTS) is 1. The minimum absolute atomic E-state index is 0.0788. The summed E-state index contributed by atoms with van der Waals surface area (Å²) in [7, 11) is 0. The molecule has 6 heteroatoms. The van der Waals surface area contributed by atoms with Gasteiger partial charge in [0.25, 0.3) is 0 Å². The Balaban J connectivity index is 1.77. The van der Waals surface area contributed by atoms with Gasteiger partial charge in [0.05, 0.1) is 11.7 Å². The monoisotopic (exact) mass is 334 g/mol. The lowest BCUT2D eigenvalue weighted by atomic mass is 10.2. The molecule has 0 aliphatic carbocycles. The Hall–Kier alpha value is -1.98. The third-order valence-corrected chi connectivity index (χ3v) is 4.08. The zero-order chi connectivity index (χ0) is 15.9. The second kappa shape index (κ2) is 7.87. The van der Waals surface area contributed by atoms with E-state index in [1.165, 1.54) is 36.0 Å². The summed E-state index contributed by atoms with van der Waals surface area (Å²) in [6.45, 7) is 0. The first-order valence-electron chi connectivity index (χ1n) is 6.48. The van der Waals surface area contributed by atoms with Gasteiger partial charge in [-0.2, -0.15) is 0 Å². The highest BCUT2D eigenvalue weighted by molar-refractivity contribution is 7.99. The van der Waals surface area contributed by atoms with Crippen LogP contribution >= 0.6 is 23.4 Å². The van der Waals surface area contributed by atoms with Gasteiger partial charge in [-0.25, -0.2) is 0 Å². The summed E-state index contributed by atoms with van der Waals surface area (Å²) in [4.78, 5) is 22.4. The highest BCUT2D eigenvalue weighted by Crippen LogP contribution is 2.16. The van der Waals surface area contributed by atoms with E-state index in [9.17, 15) is 14.7 Å². The SMILES string of the molecule is O=C(CSCc1ccc(Cl)cc1)Nc1ccc(C(=O)[O-])cc1. The molecule has 2 rings (SSSR count). The van der Waals surface area contributed by atoms with Crippen LogP contribution in [0.25, 0.3) is 0 Å². The molecule has 0 heterocycles. The highest BCUT2D eigenvalue weighted by atomic mass is 35.5. The van der Waals surface area contributed by atoms with Gasteiger partial charge in [-0.3, -0.25) is 4.79 Å². The van der Waals surface area contributed by atoms with Crippen LogP contribution in [0.1, 0.15) is 15.9 Å². The summed E-state index contributed by atoms with van der Waals surface area (Å²) in [5.41, 5.74) is 1.73. The number of carboxylic acids is 1. The van der Waals surface area contributed by atoms with E-state index >= 15 is 0 Å². The van der Waals surface area contributed by atoms with Crippen molar-refractivity contribution in [2.45, 2.75) is 5.75 Å². The summed E-state index contributed by atoms with van der Waals surface area (Å²) in [5.74, 6) is -0.351. The van der Waals surface area contributed by atoms with Crippen molar-refractivity contribution in [3.8, 4) is 0 Å². The van der Waals surface area contributed by atoms with E-state index in [0.29, 0.717) is 22.2 Å². The Bertz CT molecular complexity index is 656. The van der Waals surface area contributed by atoms with Gasteiger partial charge in [-0.05, 0) is 35.4 Å². The molecule has 0 bridgehead atoms. The topological polar surface area (TPSA) is 69.2 Å². The van der Waals surface area contributed by atoms with Crippen molar-refractivity contribution in [1.29, 1.82) is 0 Å². The Kier molecular flexibility index (Phi) is 5.86. The molecule has 1 amide bonds. The van der Waals surface area contributed by atoms with Crippen LogP contribution in [0.15, 0.2) is 48.5 Å². The predicted molar refractivity (Wildman–Crippen MR) is 87.0 cm³/mol. The summed E-state index contributed by atoms with van der Waals surface area (Å²) in [6, 6.07) is 13.3. The van der Waals surface area contributed by atoms with E-state index in [-0.39, 0.29) is 11.5 Å². The van der Waals surface area contributed by atoms with Gasteiger partial charge in [-0.15, -0.1) is 11.8 Å². The molecule has 2 aromatic carbocycles. The van der Waals surface area contributed by atoms with Crippen LogP contribution in [0.4, 0.5) is 5.69 Å². The van der Waals surface area contributed by atoms with Crippen LogP contribution in [0.3, 0.4) is 0 Å². The second-order valence-electron chi connectivity index (χ2n) is 4.53. The second-order valence-corrected chi connectivity index (χ2v) is 5.95. The molecule has 2 aromatic rings. The summed E-state index contributed by atoms with van der Waals surface area (Å²) >= 11 is 7.29. The zero-order valence-electron chi connectivity index (χ0n) is 11.5. The first kappa shape index (κ1) is 16.4. The number of carbonyl (C=O) groups is 2. The van der Waals surface area contributed by atoms with E-state index in [0.717, 1.165) is 5.56 Å². The minimum Gasteiger partial charge on any atom is -0.545 e. The molecule has 0 radical (unpaired) electrons. The molecule has 0 unspecified atom stereocenters. The van der Waals surface area contributed by atoms with Crippen LogP contribution in [0.2, 0.25) is 5.02 Å². The van der Waals surface area contributed by atoms with E-state index in [1.54, 1.807) is 0 Å². The first-order valence-corrected chi connectivity index (χ1v) is 8.01. The van der Waals surface area contributed by atoms with Crippen LogP contribution in [0.5, 0.6) is 0 Å². The van der Waals surface area contributed by atoms with Crippen molar-refractivity contribution in [2.75, 3.05) is 11.1 Å². The van der Waals surface area contributed by atoms with Gasteiger partial charge < -0.3 is 15.2 Å². The highest BCUT2D eigenvalue weighted by Gasteiger charge is 2.03. The van der Waals surface area contributed by atoms with Gasteiger partial charge >= 0.3 is 0 Å². The number of aromatic carboxylic acids is 1. The maximum Gasteiger partial charge on any atom is 0.234 e. The summed E-state index contributed by atoms with van der Waals surface area (Å²) in [5, 5.41) is 14.0. The molecular weight excluding hydrogens is 322 g/mol. The maximum absolute atomic E-state index is 11.8. The molecule has 0 saturated heterocycles. The first-order chi connectivity index (χ1) is 10.5. The third-order valence-electron chi connectivity index (χ3n) is 2.82. The van der Waals surface area contributed by atoms with Gasteiger partial charge in [-0.1, -0.05) is 35.9 Å². The smallest absolute Gasteiger partial charge is 0.234 e. The standard InChI is InChI=1S/C16H14ClNO3S/c17-13-5-1-11(2-6-13)9-22-10-15(19)18-14-7-3-12(4-8-14)16(20)21/h1-8H,9-10H2,(H,18,19)(H,20,21)/p-1. The average Bonchev–Trinajstić information content (AvgIpc) is 2.50. The van der Waals surface area contributed by atoms with Crippen LogP contribution in [0, 0.1) is 0 Å². The Morgan fingerprint density at radius 3 is 2.27 bits per heavy atom. The van der Waals surface area contributed by atoms with Crippen LogP contribution < -0.4 is 10.4 Å². The molecule has 1 N–H and O–H groups in total. The number of rotatable bonds is 6. The molecule has 0 atom stereocenters. The number of hydrogen-bond donors (Lipinski definition) is 1. The van der Waals surface area contributed by atoms with Crippen LogP contribution in [-0.4, -0.2) is 17.6 Å². The molecule has 0 aliphatic heterocycles.